The molecule has 1 heterocycles. The first-order valence-electron chi connectivity index (χ1n) is 8.23. The first-order chi connectivity index (χ1) is 10.8. The number of hydrogen-bond acceptors (Lipinski definition) is 5. The van der Waals surface area contributed by atoms with E-state index in [1.165, 1.54) is 5.69 Å². The fraction of sp³-hybridized carbons (Fsp3) is 0.647. The third-order valence-corrected chi connectivity index (χ3v) is 3.99. The van der Waals surface area contributed by atoms with Gasteiger partial charge in [-0.2, -0.15) is 0 Å². The van der Waals surface area contributed by atoms with Crippen molar-refractivity contribution in [3.05, 3.63) is 24.3 Å². The van der Waals surface area contributed by atoms with E-state index in [0.717, 1.165) is 51.6 Å². The predicted octanol–water partition coefficient (Wildman–Crippen LogP) is 1.44. The molecule has 1 N–H and O–H groups in total. The highest BCUT2D eigenvalue weighted by Gasteiger charge is 2.16. The van der Waals surface area contributed by atoms with Gasteiger partial charge in [0, 0.05) is 52.1 Å². The smallest absolute Gasteiger partial charge is 0.119 e. The Balaban J connectivity index is 1.74. The van der Waals surface area contributed by atoms with Gasteiger partial charge in [0.25, 0.3) is 0 Å². The lowest BCUT2D eigenvalue weighted by Gasteiger charge is -2.36. The van der Waals surface area contributed by atoms with Crippen molar-refractivity contribution in [2.45, 2.75) is 6.92 Å². The molecule has 2 rings (SSSR count). The molecule has 1 aromatic carbocycles. The predicted molar refractivity (Wildman–Crippen MR) is 91.0 cm³/mol. The van der Waals surface area contributed by atoms with Gasteiger partial charge in [-0.05, 0) is 30.8 Å². The number of rotatable bonds is 9. The van der Waals surface area contributed by atoms with Crippen molar-refractivity contribution in [2.24, 2.45) is 0 Å². The van der Waals surface area contributed by atoms with Gasteiger partial charge in [-0.1, -0.05) is 6.92 Å². The molecule has 1 fully saturated rings. The minimum Gasteiger partial charge on any atom is -0.491 e. The number of likely N-dealkylation sites (N-methyl/N-ethyl adjacent to an activating group) is 1. The van der Waals surface area contributed by atoms with Crippen LogP contribution in [-0.4, -0.2) is 71.0 Å². The molecule has 0 bridgehead atoms. The number of ether oxygens (including phenoxy) is 2. The Labute approximate surface area is 134 Å². The maximum atomic E-state index is 5.60. The van der Waals surface area contributed by atoms with Gasteiger partial charge in [-0.15, -0.1) is 0 Å². The highest BCUT2D eigenvalue weighted by Crippen LogP contribution is 2.20. The third-order valence-electron chi connectivity index (χ3n) is 3.99. The van der Waals surface area contributed by atoms with Crippen molar-refractivity contribution >= 4 is 5.69 Å². The first-order valence-corrected chi connectivity index (χ1v) is 8.23. The second-order valence-electron chi connectivity index (χ2n) is 5.52. The molecule has 1 aliphatic rings. The highest BCUT2D eigenvalue weighted by atomic mass is 16.5. The van der Waals surface area contributed by atoms with Crippen LogP contribution in [0.25, 0.3) is 0 Å². The van der Waals surface area contributed by atoms with Crippen LogP contribution in [0.5, 0.6) is 5.75 Å². The molecule has 22 heavy (non-hydrogen) atoms. The van der Waals surface area contributed by atoms with Gasteiger partial charge < -0.3 is 19.7 Å². The molecule has 0 unspecified atom stereocenters. The number of piperazine rings is 1. The molecule has 0 spiro atoms. The lowest BCUT2D eigenvalue weighted by molar-refractivity contribution is 0.146. The van der Waals surface area contributed by atoms with Gasteiger partial charge in [0.1, 0.15) is 12.4 Å². The van der Waals surface area contributed by atoms with E-state index < -0.39 is 0 Å². The Morgan fingerprint density at radius 3 is 2.41 bits per heavy atom. The van der Waals surface area contributed by atoms with E-state index in [1.54, 1.807) is 7.11 Å². The molecule has 0 atom stereocenters. The number of anilines is 1. The zero-order valence-electron chi connectivity index (χ0n) is 13.9. The first kappa shape index (κ1) is 17.1. The Hall–Kier alpha value is -1.30. The van der Waals surface area contributed by atoms with Gasteiger partial charge >= 0.3 is 0 Å². The van der Waals surface area contributed by atoms with Crippen LogP contribution in [0.3, 0.4) is 0 Å². The minimum absolute atomic E-state index is 0.598. The summed E-state index contributed by atoms with van der Waals surface area (Å²) in [5.74, 6) is 0.907. The van der Waals surface area contributed by atoms with Crippen LogP contribution in [0.2, 0.25) is 0 Å². The number of benzene rings is 1. The van der Waals surface area contributed by atoms with E-state index >= 15 is 0 Å². The van der Waals surface area contributed by atoms with Crippen LogP contribution in [-0.2, 0) is 4.74 Å². The summed E-state index contributed by atoms with van der Waals surface area (Å²) in [6.07, 6.45) is 0. The minimum atomic E-state index is 0.598. The van der Waals surface area contributed by atoms with Crippen molar-refractivity contribution < 1.29 is 9.47 Å². The maximum Gasteiger partial charge on any atom is 0.119 e. The SMILES string of the molecule is CCNCCN1CCN(c2ccc(OCCOC)cc2)CC1. The van der Waals surface area contributed by atoms with Gasteiger partial charge in [0.2, 0.25) is 0 Å². The number of nitrogens with one attached hydrogen (secondary N) is 1. The molecule has 1 aliphatic heterocycles. The lowest BCUT2D eigenvalue weighted by Crippen LogP contribution is -2.48. The van der Waals surface area contributed by atoms with Crippen molar-refractivity contribution in [3.63, 3.8) is 0 Å². The molecule has 0 radical (unpaired) electrons. The number of hydrogen-bond donors (Lipinski definition) is 1. The van der Waals surface area contributed by atoms with Gasteiger partial charge in [-0.25, -0.2) is 0 Å². The van der Waals surface area contributed by atoms with Crippen molar-refractivity contribution in [1.29, 1.82) is 0 Å². The van der Waals surface area contributed by atoms with Crippen LogP contribution in [0.15, 0.2) is 24.3 Å². The summed E-state index contributed by atoms with van der Waals surface area (Å²) in [5.41, 5.74) is 1.28. The van der Waals surface area contributed by atoms with E-state index in [9.17, 15) is 0 Å². The van der Waals surface area contributed by atoms with E-state index in [4.69, 9.17) is 9.47 Å². The fourth-order valence-electron chi connectivity index (χ4n) is 2.64. The Morgan fingerprint density at radius 1 is 1.05 bits per heavy atom. The second kappa shape index (κ2) is 9.66. The summed E-state index contributed by atoms with van der Waals surface area (Å²) in [6, 6.07) is 8.39. The molecule has 0 saturated carbocycles. The van der Waals surface area contributed by atoms with Gasteiger partial charge in [-0.3, -0.25) is 4.90 Å². The average molecular weight is 307 g/mol. The molecule has 1 saturated heterocycles. The van der Waals surface area contributed by atoms with Crippen molar-refractivity contribution in [1.82, 2.24) is 10.2 Å². The molecule has 0 aliphatic carbocycles. The summed E-state index contributed by atoms with van der Waals surface area (Å²) < 4.78 is 10.6. The number of nitrogens with zero attached hydrogens (tertiary/aromatic N) is 2. The van der Waals surface area contributed by atoms with Crippen molar-refractivity contribution in [3.8, 4) is 5.75 Å². The normalized spacial score (nSPS) is 16.0. The molecule has 124 valence electrons. The van der Waals surface area contributed by atoms with Gasteiger partial charge in [0.05, 0.1) is 6.61 Å². The standard InChI is InChI=1S/C17H29N3O2/c1-3-18-8-9-19-10-12-20(13-11-19)16-4-6-17(7-5-16)22-15-14-21-2/h4-7,18H,3,8-15H2,1-2H3. The van der Waals surface area contributed by atoms with Crippen LogP contribution in [0, 0.1) is 0 Å². The van der Waals surface area contributed by atoms with Crippen LogP contribution >= 0.6 is 0 Å². The van der Waals surface area contributed by atoms with Crippen LogP contribution in [0.4, 0.5) is 5.69 Å². The zero-order valence-corrected chi connectivity index (χ0v) is 13.9. The lowest BCUT2D eigenvalue weighted by atomic mass is 10.2. The highest BCUT2D eigenvalue weighted by molar-refractivity contribution is 5.49. The Morgan fingerprint density at radius 2 is 1.77 bits per heavy atom. The second-order valence-corrected chi connectivity index (χ2v) is 5.52. The molecule has 0 amide bonds. The summed E-state index contributed by atoms with van der Waals surface area (Å²) in [7, 11) is 1.68. The molecular weight excluding hydrogens is 278 g/mol. The fourth-order valence-corrected chi connectivity index (χ4v) is 2.64. The van der Waals surface area contributed by atoms with Crippen molar-refractivity contribution in [2.75, 3.05) is 71.0 Å². The summed E-state index contributed by atoms with van der Waals surface area (Å²) in [4.78, 5) is 4.98. The van der Waals surface area contributed by atoms with E-state index in [2.05, 4.69) is 34.2 Å². The largest absolute Gasteiger partial charge is 0.491 e. The summed E-state index contributed by atoms with van der Waals surface area (Å²) >= 11 is 0. The number of methoxy groups -OCH3 is 1. The third kappa shape index (κ3) is 5.48. The van der Waals surface area contributed by atoms with Gasteiger partial charge in [0.15, 0.2) is 0 Å². The zero-order chi connectivity index (χ0) is 15.6. The van der Waals surface area contributed by atoms with Crippen LogP contribution in [0.1, 0.15) is 6.92 Å². The molecule has 5 heteroatoms. The average Bonchev–Trinajstić information content (AvgIpc) is 2.57. The van der Waals surface area contributed by atoms with Crippen LogP contribution < -0.4 is 15.0 Å². The monoisotopic (exact) mass is 307 g/mol. The maximum absolute atomic E-state index is 5.60. The Bertz CT molecular complexity index is 403. The van der Waals surface area contributed by atoms with E-state index in [-0.39, 0.29) is 0 Å². The Kier molecular flexibility index (Phi) is 7.49. The topological polar surface area (TPSA) is 37.0 Å². The molecule has 5 nitrogen and oxygen atoms in total. The quantitative estimate of drug-likeness (QED) is 0.699. The molecule has 0 aromatic heterocycles. The summed E-state index contributed by atoms with van der Waals surface area (Å²) in [5, 5.41) is 3.39. The molecule has 1 aromatic rings. The molecular formula is C17H29N3O2. The van der Waals surface area contributed by atoms with E-state index in [0.29, 0.717) is 13.2 Å². The van der Waals surface area contributed by atoms with E-state index in [1.807, 2.05) is 12.1 Å². The summed E-state index contributed by atoms with van der Waals surface area (Å²) in [6.45, 7) is 11.1.